The van der Waals surface area contributed by atoms with E-state index in [1.165, 1.54) is 71.2 Å². The highest BCUT2D eigenvalue weighted by Crippen LogP contribution is 2.44. The number of rotatable bonds is 7. The van der Waals surface area contributed by atoms with E-state index in [0.29, 0.717) is 0 Å². The van der Waals surface area contributed by atoms with E-state index in [9.17, 15) is 0 Å². The Morgan fingerprint density at radius 2 is 0.759 bits per heavy atom. The van der Waals surface area contributed by atoms with E-state index in [4.69, 9.17) is 0 Å². The lowest BCUT2D eigenvalue weighted by Crippen LogP contribution is -2.10. The Kier molecular flexibility index (Phi) is 8.19. The molecule has 0 bridgehead atoms. The van der Waals surface area contributed by atoms with Crippen molar-refractivity contribution in [3.05, 3.63) is 231 Å². The molecule has 2 heteroatoms. The predicted molar refractivity (Wildman–Crippen MR) is 247 cm³/mol. The van der Waals surface area contributed by atoms with Crippen molar-refractivity contribution >= 4 is 60.4 Å². The first-order valence-electron chi connectivity index (χ1n) is 19.9. The molecule has 0 spiro atoms. The van der Waals surface area contributed by atoms with Crippen LogP contribution in [-0.4, -0.2) is 4.57 Å². The van der Waals surface area contributed by atoms with Gasteiger partial charge in [0.05, 0.1) is 22.4 Å². The number of hydrogen-bond donors (Lipinski definition) is 0. The van der Waals surface area contributed by atoms with Crippen molar-refractivity contribution in [2.24, 2.45) is 0 Å². The topological polar surface area (TPSA) is 8.17 Å². The summed E-state index contributed by atoms with van der Waals surface area (Å²) in [5.41, 5.74) is 14.1. The highest BCUT2D eigenvalue weighted by atomic mass is 15.1. The fraction of sp³-hybridized carbons (Fsp3) is 0. The summed E-state index contributed by atoms with van der Waals surface area (Å²) >= 11 is 0. The van der Waals surface area contributed by atoms with Crippen LogP contribution in [-0.2, 0) is 0 Å². The van der Waals surface area contributed by atoms with Crippen LogP contribution in [0, 0.1) is 0 Å². The molecule has 0 saturated heterocycles. The van der Waals surface area contributed by atoms with Crippen LogP contribution < -0.4 is 4.90 Å². The van der Waals surface area contributed by atoms with E-state index in [1.807, 2.05) is 0 Å². The summed E-state index contributed by atoms with van der Waals surface area (Å²) in [5.74, 6) is 0. The summed E-state index contributed by atoms with van der Waals surface area (Å²) in [6.45, 7) is 0. The fourth-order valence-electron chi connectivity index (χ4n) is 8.92. The zero-order valence-corrected chi connectivity index (χ0v) is 31.8. The van der Waals surface area contributed by atoms with Crippen molar-refractivity contribution in [3.63, 3.8) is 0 Å². The summed E-state index contributed by atoms with van der Waals surface area (Å²) in [6, 6.07) is 83.6. The number of anilines is 3. The molecule has 0 amide bonds. The number of fused-ring (bicyclic) bond motifs is 5. The van der Waals surface area contributed by atoms with Gasteiger partial charge in [-0.15, -0.1) is 0 Å². The van der Waals surface area contributed by atoms with Gasteiger partial charge in [0.1, 0.15) is 0 Å². The molecule has 0 unspecified atom stereocenters. The molecule has 11 rings (SSSR count). The zero-order chi connectivity index (χ0) is 38.4. The quantitative estimate of drug-likeness (QED) is 0.158. The molecule has 1 heterocycles. The number of aromatic nitrogens is 1. The maximum absolute atomic E-state index is 2.41. The molecular formula is C56H38N2. The first kappa shape index (κ1) is 33.6. The van der Waals surface area contributed by atoms with Crippen LogP contribution in [0.2, 0.25) is 0 Å². The van der Waals surface area contributed by atoms with Crippen molar-refractivity contribution < 1.29 is 0 Å². The Hall–Kier alpha value is -7.68. The van der Waals surface area contributed by atoms with Crippen molar-refractivity contribution in [1.82, 2.24) is 4.57 Å². The Bertz CT molecular complexity index is 3210. The molecule has 0 aliphatic rings. The lowest BCUT2D eigenvalue weighted by Gasteiger charge is -2.28. The summed E-state index contributed by atoms with van der Waals surface area (Å²) in [6.07, 6.45) is 0. The lowest BCUT2D eigenvalue weighted by molar-refractivity contribution is 1.18. The van der Waals surface area contributed by atoms with Gasteiger partial charge in [-0.1, -0.05) is 182 Å². The second-order valence-electron chi connectivity index (χ2n) is 14.9. The fourth-order valence-corrected chi connectivity index (χ4v) is 8.92. The minimum absolute atomic E-state index is 1.09. The third kappa shape index (κ3) is 5.66. The number of para-hydroxylation sites is 3. The van der Waals surface area contributed by atoms with E-state index in [0.717, 1.165) is 28.3 Å². The van der Waals surface area contributed by atoms with Gasteiger partial charge in [0.2, 0.25) is 0 Å². The Morgan fingerprint density at radius 3 is 1.47 bits per heavy atom. The normalized spacial score (nSPS) is 11.4. The molecule has 10 aromatic carbocycles. The third-order valence-corrected chi connectivity index (χ3v) is 11.6. The van der Waals surface area contributed by atoms with Crippen LogP contribution in [0.5, 0.6) is 0 Å². The van der Waals surface area contributed by atoms with E-state index >= 15 is 0 Å². The molecule has 0 aliphatic carbocycles. The van der Waals surface area contributed by atoms with Gasteiger partial charge in [-0.05, 0) is 92.5 Å². The highest BCUT2D eigenvalue weighted by Gasteiger charge is 2.20. The zero-order valence-electron chi connectivity index (χ0n) is 31.8. The van der Waals surface area contributed by atoms with E-state index < -0.39 is 0 Å². The molecule has 58 heavy (non-hydrogen) atoms. The Morgan fingerprint density at radius 1 is 0.276 bits per heavy atom. The van der Waals surface area contributed by atoms with Crippen LogP contribution >= 0.6 is 0 Å². The minimum Gasteiger partial charge on any atom is -0.310 e. The smallest absolute Gasteiger partial charge is 0.0541 e. The largest absolute Gasteiger partial charge is 0.310 e. The van der Waals surface area contributed by atoms with Crippen molar-refractivity contribution in [2.45, 2.75) is 0 Å². The molecule has 0 atom stereocenters. The van der Waals surface area contributed by atoms with Crippen molar-refractivity contribution in [1.29, 1.82) is 0 Å². The monoisotopic (exact) mass is 738 g/mol. The van der Waals surface area contributed by atoms with Gasteiger partial charge in [-0.2, -0.15) is 0 Å². The average molecular weight is 739 g/mol. The van der Waals surface area contributed by atoms with Crippen LogP contribution in [0.15, 0.2) is 231 Å². The lowest BCUT2D eigenvalue weighted by atomic mass is 9.93. The number of nitrogens with zero attached hydrogens (tertiary/aromatic N) is 2. The van der Waals surface area contributed by atoms with Crippen LogP contribution in [0.3, 0.4) is 0 Å². The molecule has 272 valence electrons. The summed E-state index contributed by atoms with van der Waals surface area (Å²) in [4.78, 5) is 2.41. The Labute approximate surface area is 338 Å². The van der Waals surface area contributed by atoms with E-state index in [1.54, 1.807) is 0 Å². The predicted octanol–water partition coefficient (Wildman–Crippen LogP) is 15.6. The molecule has 0 saturated carbocycles. The van der Waals surface area contributed by atoms with Crippen LogP contribution in [0.25, 0.3) is 82.4 Å². The molecule has 11 aromatic rings. The van der Waals surface area contributed by atoms with Crippen molar-refractivity contribution in [3.8, 4) is 39.1 Å². The standard InChI is InChI=1S/C56H38N2/c1-2-15-39(16-3-1)40-29-33-43(34-30-40)57(56-38-37-49(48-21-6-7-22-50(48)56)47-25-14-18-41-17-4-5-19-45(41)47)44-35-31-42(32-36-44)46-20-8-11-26-53(46)58-54-27-12-9-23-51(54)52-24-10-13-28-55(52)58/h1-38H. The van der Waals surface area contributed by atoms with Gasteiger partial charge in [0.25, 0.3) is 0 Å². The minimum atomic E-state index is 1.09. The first-order valence-corrected chi connectivity index (χ1v) is 19.9. The van der Waals surface area contributed by atoms with Gasteiger partial charge < -0.3 is 9.47 Å². The van der Waals surface area contributed by atoms with Gasteiger partial charge in [-0.25, -0.2) is 0 Å². The van der Waals surface area contributed by atoms with Crippen LogP contribution in [0.4, 0.5) is 17.1 Å². The van der Waals surface area contributed by atoms with Crippen molar-refractivity contribution in [2.75, 3.05) is 4.90 Å². The number of hydrogen-bond acceptors (Lipinski definition) is 1. The van der Waals surface area contributed by atoms with Gasteiger partial charge in [0, 0.05) is 33.1 Å². The maximum Gasteiger partial charge on any atom is 0.0541 e. The highest BCUT2D eigenvalue weighted by molar-refractivity contribution is 6.11. The molecule has 0 fully saturated rings. The molecule has 2 nitrogen and oxygen atoms in total. The summed E-state index contributed by atoms with van der Waals surface area (Å²) in [7, 11) is 0. The second kappa shape index (κ2) is 14.1. The average Bonchev–Trinajstić information content (AvgIpc) is 3.64. The SMILES string of the molecule is c1ccc(-c2ccc(N(c3ccc(-c4ccccc4-n4c5ccccc5c5ccccc54)cc3)c3ccc(-c4cccc5ccccc45)c4ccccc34)cc2)cc1. The summed E-state index contributed by atoms with van der Waals surface area (Å²) in [5, 5.41) is 7.44. The van der Waals surface area contributed by atoms with E-state index in [2.05, 4.69) is 240 Å². The molecule has 0 radical (unpaired) electrons. The molecule has 0 aliphatic heterocycles. The third-order valence-electron chi connectivity index (χ3n) is 11.6. The first-order chi connectivity index (χ1) is 28.8. The summed E-state index contributed by atoms with van der Waals surface area (Å²) < 4.78 is 2.41. The molecule has 1 aromatic heterocycles. The maximum atomic E-state index is 2.41. The molecular weight excluding hydrogens is 701 g/mol. The number of benzene rings is 10. The molecule has 0 N–H and O–H groups in total. The second-order valence-corrected chi connectivity index (χ2v) is 14.9. The van der Waals surface area contributed by atoms with Gasteiger partial charge in [0.15, 0.2) is 0 Å². The van der Waals surface area contributed by atoms with Crippen LogP contribution in [0.1, 0.15) is 0 Å². The van der Waals surface area contributed by atoms with Gasteiger partial charge in [-0.3, -0.25) is 0 Å². The van der Waals surface area contributed by atoms with E-state index in [-0.39, 0.29) is 0 Å². The Balaban J connectivity index is 1.07. The van der Waals surface area contributed by atoms with Gasteiger partial charge >= 0.3 is 0 Å².